The standard InChI is InChI=1S/C13H16F2O/c1-2-3-4-7-11(16)9-10-6-5-8-12(14)13(10)15/h2,5-6,8,11,16H,1,3-4,7,9H2. The second kappa shape index (κ2) is 6.38. The smallest absolute Gasteiger partial charge is 0.162 e. The predicted octanol–water partition coefficient (Wildman–Crippen LogP) is 3.22. The average Bonchev–Trinajstić information content (AvgIpc) is 2.25. The highest BCUT2D eigenvalue weighted by Gasteiger charge is 2.11. The number of hydrogen-bond acceptors (Lipinski definition) is 1. The zero-order valence-electron chi connectivity index (χ0n) is 9.13. The molecule has 0 radical (unpaired) electrons. The average molecular weight is 226 g/mol. The number of unbranched alkanes of at least 4 members (excludes halogenated alkanes) is 1. The van der Waals surface area contributed by atoms with Crippen molar-refractivity contribution in [2.45, 2.75) is 31.8 Å². The van der Waals surface area contributed by atoms with Crippen LogP contribution >= 0.6 is 0 Å². The molecule has 88 valence electrons. The fourth-order valence-electron chi connectivity index (χ4n) is 1.56. The van der Waals surface area contributed by atoms with Gasteiger partial charge in [-0.3, -0.25) is 0 Å². The Labute approximate surface area is 94.4 Å². The first-order chi connectivity index (χ1) is 7.65. The van der Waals surface area contributed by atoms with Crippen LogP contribution in [-0.4, -0.2) is 11.2 Å². The van der Waals surface area contributed by atoms with E-state index in [2.05, 4.69) is 6.58 Å². The fourth-order valence-corrected chi connectivity index (χ4v) is 1.56. The van der Waals surface area contributed by atoms with E-state index in [0.29, 0.717) is 6.42 Å². The van der Waals surface area contributed by atoms with Gasteiger partial charge in [0.1, 0.15) is 0 Å². The van der Waals surface area contributed by atoms with Crippen molar-refractivity contribution < 1.29 is 13.9 Å². The molecule has 1 aromatic rings. The van der Waals surface area contributed by atoms with E-state index in [9.17, 15) is 13.9 Å². The monoisotopic (exact) mass is 226 g/mol. The summed E-state index contributed by atoms with van der Waals surface area (Å²) < 4.78 is 26.1. The van der Waals surface area contributed by atoms with Crippen molar-refractivity contribution in [2.24, 2.45) is 0 Å². The molecule has 0 aliphatic carbocycles. The quantitative estimate of drug-likeness (QED) is 0.583. The Morgan fingerprint density at radius 1 is 1.38 bits per heavy atom. The molecule has 1 unspecified atom stereocenters. The molecule has 0 aliphatic rings. The molecule has 1 N–H and O–H groups in total. The number of halogens is 2. The van der Waals surface area contributed by atoms with E-state index < -0.39 is 17.7 Å². The van der Waals surface area contributed by atoms with Crippen LogP contribution in [0.5, 0.6) is 0 Å². The van der Waals surface area contributed by atoms with Gasteiger partial charge in [-0.15, -0.1) is 6.58 Å². The Bertz CT molecular complexity index is 350. The number of allylic oxidation sites excluding steroid dienone is 1. The summed E-state index contributed by atoms with van der Waals surface area (Å²) in [5, 5.41) is 9.62. The molecule has 16 heavy (non-hydrogen) atoms. The van der Waals surface area contributed by atoms with Crippen molar-refractivity contribution in [3.63, 3.8) is 0 Å². The van der Waals surface area contributed by atoms with E-state index in [1.54, 1.807) is 6.08 Å². The number of benzene rings is 1. The van der Waals surface area contributed by atoms with E-state index in [-0.39, 0.29) is 12.0 Å². The van der Waals surface area contributed by atoms with Crippen LogP contribution in [0.3, 0.4) is 0 Å². The minimum atomic E-state index is -0.865. The van der Waals surface area contributed by atoms with Crippen molar-refractivity contribution in [1.29, 1.82) is 0 Å². The maximum atomic E-state index is 13.2. The van der Waals surface area contributed by atoms with Crippen molar-refractivity contribution in [2.75, 3.05) is 0 Å². The summed E-state index contributed by atoms with van der Waals surface area (Å²) >= 11 is 0. The van der Waals surface area contributed by atoms with Crippen LogP contribution in [0.4, 0.5) is 8.78 Å². The highest BCUT2D eigenvalue weighted by Crippen LogP contribution is 2.15. The van der Waals surface area contributed by atoms with Crippen LogP contribution in [-0.2, 0) is 6.42 Å². The van der Waals surface area contributed by atoms with Gasteiger partial charge >= 0.3 is 0 Å². The lowest BCUT2D eigenvalue weighted by molar-refractivity contribution is 0.161. The van der Waals surface area contributed by atoms with Crippen molar-refractivity contribution >= 4 is 0 Å². The highest BCUT2D eigenvalue weighted by atomic mass is 19.2. The third kappa shape index (κ3) is 3.74. The van der Waals surface area contributed by atoms with E-state index in [1.807, 2.05) is 0 Å². The molecule has 1 atom stereocenters. The van der Waals surface area contributed by atoms with Gasteiger partial charge in [-0.25, -0.2) is 8.78 Å². The topological polar surface area (TPSA) is 20.2 Å². The number of rotatable bonds is 6. The van der Waals surface area contributed by atoms with Crippen molar-refractivity contribution in [1.82, 2.24) is 0 Å². The lowest BCUT2D eigenvalue weighted by Gasteiger charge is -2.10. The van der Waals surface area contributed by atoms with Gasteiger partial charge in [0.05, 0.1) is 6.10 Å². The molecule has 1 rings (SSSR count). The largest absolute Gasteiger partial charge is 0.393 e. The molecular weight excluding hydrogens is 210 g/mol. The highest BCUT2D eigenvalue weighted by molar-refractivity contribution is 5.19. The summed E-state index contributed by atoms with van der Waals surface area (Å²) in [4.78, 5) is 0. The van der Waals surface area contributed by atoms with E-state index in [1.165, 1.54) is 12.1 Å². The zero-order valence-corrected chi connectivity index (χ0v) is 9.13. The van der Waals surface area contributed by atoms with Crippen molar-refractivity contribution in [3.8, 4) is 0 Å². The molecule has 1 nitrogen and oxygen atoms in total. The Morgan fingerprint density at radius 3 is 2.81 bits per heavy atom. The first kappa shape index (κ1) is 12.8. The Kier molecular flexibility index (Phi) is 5.12. The molecule has 0 saturated carbocycles. The molecule has 0 saturated heterocycles. The molecule has 0 bridgehead atoms. The normalized spacial score (nSPS) is 12.4. The molecule has 0 amide bonds. The molecular formula is C13H16F2O. The van der Waals surface area contributed by atoms with Gasteiger partial charge in [0.25, 0.3) is 0 Å². The third-order valence-electron chi connectivity index (χ3n) is 2.43. The summed E-state index contributed by atoms with van der Waals surface area (Å²) in [6, 6.07) is 4.02. The van der Waals surface area contributed by atoms with Crippen LogP contribution in [0, 0.1) is 11.6 Å². The molecule has 0 aliphatic heterocycles. The Balaban J connectivity index is 2.52. The minimum absolute atomic E-state index is 0.154. The summed E-state index contributed by atoms with van der Waals surface area (Å²) in [6.45, 7) is 3.58. The van der Waals surface area contributed by atoms with Crippen LogP contribution in [0.2, 0.25) is 0 Å². The zero-order chi connectivity index (χ0) is 12.0. The van der Waals surface area contributed by atoms with Gasteiger partial charge < -0.3 is 5.11 Å². The van der Waals surface area contributed by atoms with E-state index in [4.69, 9.17) is 0 Å². The lowest BCUT2D eigenvalue weighted by atomic mass is 10.0. The number of hydrogen-bond donors (Lipinski definition) is 1. The summed E-state index contributed by atoms with van der Waals surface area (Å²) in [7, 11) is 0. The van der Waals surface area contributed by atoms with Gasteiger partial charge in [-0.1, -0.05) is 18.2 Å². The first-order valence-electron chi connectivity index (χ1n) is 5.37. The molecule has 0 heterocycles. The van der Waals surface area contributed by atoms with Gasteiger partial charge in [0, 0.05) is 6.42 Å². The maximum Gasteiger partial charge on any atom is 0.162 e. The molecule has 0 aromatic heterocycles. The van der Waals surface area contributed by atoms with Crippen LogP contribution in [0.25, 0.3) is 0 Å². The molecule has 0 fully saturated rings. The summed E-state index contributed by atoms with van der Waals surface area (Å²) in [6.07, 6.45) is 3.50. The molecule has 1 aromatic carbocycles. The van der Waals surface area contributed by atoms with Gasteiger partial charge in [0.15, 0.2) is 11.6 Å². The van der Waals surface area contributed by atoms with Gasteiger partial charge in [0.2, 0.25) is 0 Å². The van der Waals surface area contributed by atoms with Crippen molar-refractivity contribution in [3.05, 3.63) is 48.1 Å². The molecule has 0 spiro atoms. The van der Waals surface area contributed by atoms with Crippen LogP contribution in [0.15, 0.2) is 30.9 Å². The Morgan fingerprint density at radius 2 is 2.12 bits per heavy atom. The van der Waals surface area contributed by atoms with Gasteiger partial charge in [-0.05, 0) is 30.9 Å². The van der Waals surface area contributed by atoms with Crippen LogP contribution < -0.4 is 0 Å². The first-order valence-corrected chi connectivity index (χ1v) is 5.37. The third-order valence-corrected chi connectivity index (χ3v) is 2.43. The summed E-state index contributed by atoms with van der Waals surface area (Å²) in [5.74, 6) is -1.72. The maximum absolute atomic E-state index is 13.2. The van der Waals surface area contributed by atoms with E-state index >= 15 is 0 Å². The molecule has 3 heteroatoms. The predicted molar refractivity (Wildman–Crippen MR) is 60.1 cm³/mol. The number of aliphatic hydroxyl groups excluding tert-OH is 1. The second-order valence-electron chi connectivity index (χ2n) is 3.79. The lowest BCUT2D eigenvalue weighted by Crippen LogP contribution is -2.11. The van der Waals surface area contributed by atoms with Gasteiger partial charge in [-0.2, -0.15) is 0 Å². The fraction of sp³-hybridized carbons (Fsp3) is 0.385. The minimum Gasteiger partial charge on any atom is -0.393 e. The second-order valence-corrected chi connectivity index (χ2v) is 3.79. The Hall–Kier alpha value is -1.22. The summed E-state index contributed by atoms with van der Waals surface area (Å²) in [5.41, 5.74) is 0.228. The van der Waals surface area contributed by atoms with Crippen LogP contribution in [0.1, 0.15) is 24.8 Å². The SMILES string of the molecule is C=CCCCC(O)Cc1cccc(F)c1F. The number of aliphatic hydroxyl groups is 1. The van der Waals surface area contributed by atoms with E-state index in [0.717, 1.165) is 18.9 Å².